The van der Waals surface area contributed by atoms with Crippen LogP contribution in [0, 0.1) is 0 Å². The second-order valence-electron chi connectivity index (χ2n) is 6.93. The Morgan fingerprint density at radius 1 is 0.882 bits per heavy atom. The number of sulfonamides is 1. The van der Waals surface area contributed by atoms with Gasteiger partial charge in [0, 0.05) is 11.3 Å². The van der Waals surface area contributed by atoms with Gasteiger partial charge in [-0.3, -0.25) is 14.8 Å². The molecule has 11 heteroatoms. The van der Waals surface area contributed by atoms with Crippen LogP contribution >= 0.6 is 0 Å². The zero-order valence-electron chi connectivity index (χ0n) is 18.2. The van der Waals surface area contributed by atoms with Gasteiger partial charge in [-0.25, -0.2) is 8.42 Å². The molecule has 0 saturated carbocycles. The van der Waals surface area contributed by atoms with Crippen LogP contribution in [0.3, 0.4) is 0 Å². The van der Waals surface area contributed by atoms with E-state index in [0.717, 1.165) is 0 Å². The number of nitrogens with one attached hydrogen (secondary N) is 2. The van der Waals surface area contributed by atoms with Gasteiger partial charge in [-0.15, -0.1) is 5.10 Å². The molecule has 0 radical (unpaired) electrons. The lowest BCUT2D eigenvalue weighted by molar-refractivity contribution is 0.102. The second-order valence-corrected chi connectivity index (χ2v) is 8.61. The Kier molecular flexibility index (Phi) is 6.46. The summed E-state index contributed by atoms with van der Waals surface area (Å²) in [5.74, 6) is 0.790. The van der Waals surface area contributed by atoms with Crippen molar-refractivity contribution in [3.63, 3.8) is 0 Å². The van der Waals surface area contributed by atoms with Gasteiger partial charge in [-0.1, -0.05) is 17.2 Å². The molecular weight excluding hydrogens is 460 g/mol. The van der Waals surface area contributed by atoms with E-state index >= 15 is 0 Å². The highest BCUT2D eigenvalue weighted by Gasteiger charge is 2.17. The normalized spacial score (nSPS) is 11.0. The highest BCUT2D eigenvalue weighted by molar-refractivity contribution is 7.92. The van der Waals surface area contributed by atoms with E-state index in [4.69, 9.17) is 13.9 Å². The zero-order valence-corrected chi connectivity index (χ0v) is 19.0. The van der Waals surface area contributed by atoms with Crippen LogP contribution in [0.25, 0.3) is 11.5 Å². The van der Waals surface area contributed by atoms with Crippen LogP contribution in [0.15, 0.2) is 82.1 Å². The van der Waals surface area contributed by atoms with Crippen LogP contribution in [0.5, 0.6) is 11.5 Å². The fraction of sp³-hybridized carbons (Fsp3) is 0.0870. The maximum absolute atomic E-state index is 12.6. The van der Waals surface area contributed by atoms with Gasteiger partial charge in [0.05, 0.1) is 24.7 Å². The monoisotopic (exact) mass is 480 g/mol. The largest absolute Gasteiger partial charge is 0.497 e. The van der Waals surface area contributed by atoms with E-state index in [9.17, 15) is 13.2 Å². The number of rotatable bonds is 8. The highest BCUT2D eigenvalue weighted by atomic mass is 32.2. The van der Waals surface area contributed by atoms with Gasteiger partial charge >= 0.3 is 6.01 Å². The fourth-order valence-corrected chi connectivity index (χ4v) is 4.09. The van der Waals surface area contributed by atoms with E-state index in [1.807, 2.05) is 6.07 Å². The molecule has 0 fully saturated rings. The number of nitrogens with zero attached hydrogens (tertiary/aromatic N) is 2. The molecule has 4 rings (SSSR count). The van der Waals surface area contributed by atoms with Crippen molar-refractivity contribution in [2.75, 3.05) is 24.3 Å². The summed E-state index contributed by atoms with van der Waals surface area (Å²) >= 11 is 0. The van der Waals surface area contributed by atoms with Crippen LogP contribution in [0.2, 0.25) is 0 Å². The number of carbonyl (C=O) groups excluding carboxylic acids is 1. The molecule has 10 nitrogen and oxygen atoms in total. The van der Waals surface area contributed by atoms with Gasteiger partial charge in [0.15, 0.2) is 0 Å². The van der Waals surface area contributed by atoms with Crippen molar-refractivity contribution >= 4 is 27.6 Å². The first kappa shape index (κ1) is 22.8. The van der Waals surface area contributed by atoms with Gasteiger partial charge in [-0.2, -0.15) is 0 Å². The van der Waals surface area contributed by atoms with E-state index in [1.54, 1.807) is 30.3 Å². The molecular formula is C23H20N4O6S. The molecule has 2 N–H and O–H groups in total. The van der Waals surface area contributed by atoms with Gasteiger partial charge in [-0.05, 0) is 60.7 Å². The Bertz CT molecular complexity index is 1400. The summed E-state index contributed by atoms with van der Waals surface area (Å²) in [5.41, 5.74) is 1.15. The number of hydrogen-bond acceptors (Lipinski definition) is 8. The SMILES string of the molecule is COc1ccc(S(=O)(=O)Nc2ccc(C(=O)Nc3nnc(-c4ccccc4OC)o3)cc2)cc1. The van der Waals surface area contributed by atoms with Gasteiger partial charge in [0.1, 0.15) is 11.5 Å². The number of hydrogen-bond donors (Lipinski definition) is 2. The van der Waals surface area contributed by atoms with Crippen molar-refractivity contribution in [2.45, 2.75) is 4.90 Å². The average molecular weight is 481 g/mol. The molecule has 0 unspecified atom stereocenters. The lowest BCUT2D eigenvalue weighted by Crippen LogP contribution is -2.14. The molecule has 0 aliphatic carbocycles. The topological polar surface area (TPSA) is 133 Å². The second kappa shape index (κ2) is 9.63. The first-order chi connectivity index (χ1) is 16.4. The molecule has 0 aliphatic heterocycles. The predicted octanol–water partition coefficient (Wildman–Crippen LogP) is 3.81. The van der Waals surface area contributed by atoms with E-state index in [-0.39, 0.29) is 22.4 Å². The number of carbonyl (C=O) groups is 1. The summed E-state index contributed by atoms with van der Waals surface area (Å²) in [6.07, 6.45) is 0. The van der Waals surface area contributed by atoms with Crippen molar-refractivity contribution < 1.29 is 27.1 Å². The minimum absolute atomic E-state index is 0.0809. The minimum atomic E-state index is -3.80. The number of methoxy groups -OCH3 is 2. The maximum Gasteiger partial charge on any atom is 0.322 e. The third-order valence-electron chi connectivity index (χ3n) is 4.75. The van der Waals surface area contributed by atoms with E-state index in [1.165, 1.54) is 50.6 Å². The fourth-order valence-electron chi connectivity index (χ4n) is 3.03. The van der Waals surface area contributed by atoms with Crippen LogP contribution < -0.4 is 19.5 Å². The van der Waals surface area contributed by atoms with E-state index in [0.29, 0.717) is 22.7 Å². The zero-order chi connectivity index (χ0) is 24.1. The molecule has 1 heterocycles. The molecule has 0 aliphatic rings. The number of para-hydroxylation sites is 1. The third kappa shape index (κ3) is 4.99. The third-order valence-corrected chi connectivity index (χ3v) is 6.15. The van der Waals surface area contributed by atoms with Crippen LogP contribution in [0.4, 0.5) is 11.7 Å². The van der Waals surface area contributed by atoms with Gasteiger partial charge < -0.3 is 13.9 Å². The number of anilines is 2. The molecule has 34 heavy (non-hydrogen) atoms. The Hall–Kier alpha value is -4.38. The quantitative estimate of drug-likeness (QED) is 0.389. The van der Waals surface area contributed by atoms with Crippen molar-refractivity contribution in [1.82, 2.24) is 10.2 Å². The Labute approximate surface area is 195 Å². The Morgan fingerprint density at radius 2 is 1.59 bits per heavy atom. The predicted molar refractivity (Wildman–Crippen MR) is 124 cm³/mol. The number of benzene rings is 3. The molecule has 0 atom stereocenters. The summed E-state index contributed by atoms with van der Waals surface area (Å²) < 4.78 is 43.4. The molecule has 174 valence electrons. The molecule has 0 spiro atoms. The van der Waals surface area contributed by atoms with Crippen molar-refractivity contribution in [2.24, 2.45) is 0 Å². The Balaban J connectivity index is 1.43. The lowest BCUT2D eigenvalue weighted by atomic mass is 10.2. The first-order valence-corrected chi connectivity index (χ1v) is 11.4. The number of ether oxygens (including phenoxy) is 2. The maximum atomic E-state index is 12.6. The molecule has 1 amide bonds. The number of aromatic nitrogens is 2. The van der Waals surface area contributed by atoms with Crippen molar-refractivity contribution in [3.8, 4) is 23.0 Å². The van der Waals surface area contributed by atoms with Gasteiger partial charge in [0.2, 0.25) is 0 Å². The first-order valence-electron chi connectivity index (χ1n) is 9.95. The molecule has 0 bridgehead atoms. The molecule has 3 aromatic carbocycles. The molecule has 1 aromatic heterocycles. The summed E-state index contributed by atoms with van der Waals surface area (Å²) in [7, 11) is -0.775. The van der Waals surface area contributed by atoms with Gasteiger partial charge in [0.25, 0.3) is 21.8 Å². The minimum Gasteiger partial charge on any atom is -0.497 e. The summed E-state index contributed by atoms with van der Waals surface area (Å²) in [5, 5.41) is 10.3. The number of amides is 1. The van der Waals surface area contributed by atoms with Crippen molar-refractivity contribution in [3.05, 3.63) is 78.4 Å². The summed E-state index contributed by atoms with van der Waals surface area (Å²) in [6.45, 7) is 0. The summed E-state index contributed by atoms with van der Waals surface area (Å²) in [6, 6.07) is 18.9. The average Bonchev–Trinajstić information content (AvgIpc) is 3.32. The van der Waals surface area contributed by atoms with Crippen molar-refractivity contribution in [1.29, 1.82) is 0 Å². The van der Waals surface area contributed by atoms with E-state index < -0.39 is 15.9 Å². The summed E-state index contributed by atoms with van der Waals surface area (Å²) in [4.78, 5) is 12.6. The lowest BCUT2D eigenvalue weighted by Gasteiger charge is -2.09. The standard InChI is InChI=1S/C23H20N4O6S/c1-31-17-11-13-18(14-12-17)34(29,30)27-16-9-7-15(8-10-16)21(28)24-23-26-25-22(33-23)19-5-3-4-6-20(19)32-2/h3-14,27H,1-2H3,(H,24,26,28). The van der Waals surface area contributed by atoms with Crippen LogP contribution in [-0.2, 0) is 10.0 Å². The van der Waals surface area contributed by atoms with Crippen LogP contribution in [0.1, 0.15) is 10.4 Å². The Morgan fingerprint density at radius 3 is 2.26 bits per heavy atom. The molecule has 4 aromatic rings. The van der Waals surface area contributed by atoms with E-state index in [2.05, 4.69) is 20.2 Å². The van der Waals surface area contributed by atoms with Crippen LogP contribution in [-0.4, -0.2) is 38.7 Å². The smallest absolute Gasteiger partial charge is 0.322 e. The highest BCUT2D eigenvalue weighted by Crippen LogP contribution is 2.29. The molecule has 0 saturated heterocycles.